The minimum Gasteiger partial charge on any atom is -0.334 e. The van der Waals surface area contributed by atoms with Crippen LogP contribution in [-0.2, 0) is 16.6 Å². The van der Waals surface area contributed by atoms with Crippen LogP contribution in [0.3, 0.4) is 0 Å². The number of pyridine rings is 1. The van der Waals surface area contributed by atoms with Gasteiger partial charge < -0.3 is 10.6 Å². The Labute approximate surface area is 184 Å². The number of hydrogen-bond donors (Lipinski definition) is 2. The number of hydrogen-bond acceptors (Lipinski definition) is 4. The fraction of sp³-hybridized carbons (Fsp3) is 0.217. The van der Waals surface area contributed by atoms with Gasteiger partial charge in [-0.1, -0.05) is 43.8 Å². The number of anilines is 1. The molecule has 1 aromatic heterocycles. The van der Waals surface area contributed by atoms with Crippen LogP contribution in [0, 0.1) is 0 Å². The Morgan fingerprint density at radius 3 is 2.32 bits per heavy atom. The number of carbonyl (C=O) groups excluding carboxylic acids is 1. The molecule has 0 saturated carbocycles. The summed E-state index contributed by atoms with van der Waals surface area (Å²) in [6.07, 6.45) is 3.34. The van der Waals surface area contributed by atoms with Gasteiger partial charge >= 0.3 is 6.03 Å². The van der Waals surface area contributed by atoms with E-state index in [-0.39, 0.29) is 24.4 Å². The summed E-state index contributed by atoms with van der Waals surface area (Å²) in [4.78, 5) is 16.2. The zero-order valence-corrected chi connectivity index (χ0v) is 17.6. The smallest absolute Gasteiger partial charge is 0.319 e. The molecule has 0 radical (unpaired) electrons. The Kier molecular flexibility index (Phi) is 8.30. The average Bonchev–Trinajstić information content (AvgIpc) is 2.78. The second-order valence-corrected chi connectivity index (χ2v) is 8.80. The van der Waals surface area contributed by atoms with E-state index in [1.807, 2.05) is 43.3 Å². The van der Waals surface area contributed by atoms with Crippen molar-refractivity contribution in [1.82, 2.24) is 14.6 Å². The summed E-state index contributed by atoms with van der Waals surface area (Å²) < 4.78 is 27.3. The number of urea groups is 1. The lowest BCUT2D eigenvalue weighted by Crippen LogP contribution is -2.30. The lowest BCUT2D eigenvalue weighted by Gasteiger charge is -2.24. The maximum Gasteiger partial charge on any atom is 0.319 e. The zero-order valence-electron chi connectivity index (χ0n) is 16.8. The van der Waals surface area contributed by atoms with E-state index in [4.69, 9.17) is 0 Å². The monoisotopic (exact) mass is 440 g/mol. The second-order valence-electron chi connectivity index (χ2n) is 6.80. The number of nitrogens with one attached hydrogen (secondary N) is 2. The standard InChI is InChI=1S/C22H24N4O3S.CH4/c1-17(19-8-4-3-5-9-19)26(2)30(28,29)21-12-10-20(11-13-21)25-22(27)24-16-18-7-6-14-23-15-18;/h3-15,17H,16H2,1-2H3,(H2,24,25,27);1H4/t17-;/m0./s1. The summed E-state index contributed by atoms with van der Waals surface area (Å²) in [6, 6.07) is 18.5. The van der Waals surface area contributed by atoms with Gasteiger partial charge in [0.15, 0.2) is 0 Å². The van der Waals surface area contributed by atoms with Crippen molar-refractivity contribution in [3.63, 3.8) is 0 Å². The number of amides is 2. The van der Waals surface area contributed by atoms with Crippen LogP contribution in [0.4, 0.5) is 10.5 Å². The molecular weight excluding hydrogens is 412 g/mol. The first-order valence-corrected chi connectivity index (χ1v) is 10.9. The molecule has 0 fully saturated rings. The molecule has 0 unspecified atom stereocenters. The van der Waals surface area contributed by atoms with E-state index in [9.17, 15) is 13.2 Å². The highest BCUT2D eigenvalue weighted by Crippen LogP contribution is 2.26. The molecule has 164 valence electrons. The lowest BCUT2D eigenvalue weighted by molar-refractivity contribution is 0.251. The van der Waals surface area contributed by atoms with Crippen molar-refractivity contribution in [3.05, 3.63) is 90.3 Å². The number of aromatic nitrogens is 1. The third kappa shape index (κ3) is 6.13. The van der Waals surface area contributed by atoms with Gasteiger partial charge in [-0.2, -0.15) is 4.31 Å². The Morgan fingerprint density at radius 1 is 1.03 bits per heavy atom. The molecular formula is C23H28N4O3S. The van der Waals surface area contributed by atoms with Crippen molar-refractivity contribution < 1.29 is 13.2 Å². The van der Waals surface area contributed by atoms with Crippen molar-refractivity contribution in [2.75, 3.05) is 12.4 Å². The summed E-state index contributed by atoms with van der Waals surface area (Å²) in [5.41, 5.74) is 2.29. The van der Waals surface area contributed by atoms with Crippen LogP contribution < -0.4 is 10.6 Å². The maximum absolute atomic E-state index is 13.0. The van der Waals surface area contributed by atoms with E-state index in [0.29, 0.717) is 12.2 Å². The van der Waals surface area contributed by atoms with Gasteiger partial charge in [-0.3, -0.25) is 4.98 Å². The molecule has 0 saturated heterocycles. The number of carbonyl (C=O) groups is 1. The zero-order chi connectivity index (χ0) is 21.6. The summed E-state index contributed by atoms with van der Waals surface area (Å²) in [5, 5.41) is 5.42. The summed E-state index contributed by atoms with van der Waals surface area (Å²) >= 11 is 0. The molecule has 0 aliphatic heterocycles. The minimum absolute atomic E-state index is 0. The Bertz CT molecular complexity index is 1070. The van der Waals surface area contributed by atoms with Gasteiger partial charge in [0.2, 0.25) is 10.0 Å². The SMILES string of the molecule is C.C[C@@H](c1ccccc1)N(C)S(=O)(=O)c1ccc(NC(=O)NCc2cccnc2)cc1. The molecule has 1 heterocycles. The molecule has 2 N–H and O–H groups in total. The summed E-state index contributed by atoms with van der Waals surface area (Å²) in [6.45, 7) is 2.18. The molecule has 0 bridgehead atoms. The molecule has 7 nitrogen and oxygen atoms in total. The van der Waals surface area contributed by atoms with Gasteiger partial charge in [0.1, 0.15) is 0 Å². The van der Waals surface area contributed by atoms with Gasteiger partial charge in [-0.15, -0.1) is 0 Å². The van der Waals surface area contributed by atoms with Crippen molar-refractivity contribution in [1.29, 1.82) is 0 Å². The van der Waals surface area contributed by atoms with E-state index < -0.39 is 10.0 Å². The van der Waals surface area contributed by atoms with Crippen LogP contribution in [-0.4, -0.2) is 30.8 Å². The highest BCUT2D eigenvalue weighted by atomic mass is 32.2. The van der Waals surface area contributed by atoms with Gasteiger partial charge in [-0.05, 0) is 48.4 Å². The third-order valence-corrected chi connectivity index (χ3v) is 6.73. The van der Waals surface area contributed by atoms with Crippen molar-refractivity contribution in [2.45, 2.75) is 31.8 Å². The topological polar surface area (TPSA) is 91.4 Å². The molecule has 0 aliphatic carbocycles. The third-order valence-electron chi connectivity index (χ3n) is 4.79. The number of rotatable bonds is 7. The van der Waals surface area contributed by atoms with Crippen LogP contribution in [0.1, 0.15) is 31.5 Å². The van der Waals surface area contributed by atoms with Crippen molar-refractivity contribution in [3.8, 4) is 0 Å². The Balaban J connectivity index is 0.00000341. The van der Waals surface area contributed by atoms with Crippen LogP contribution in [0.2, 0.25) is 0 Å². The first-order chi connectivity index (χ1) is 14.4. The lowest BCUT2D eigenvalue weighted by atomic mass is 10.1. The largest absolute Gasteiger partial charge is 0.334 e. The molecule has 31 heavy (non-hydrogen) atoms. The molecule has 2 amide bonds. The van der Waals surface area contributed by atoms with E-state index in [0.717, 1.165) is 11.1 Å². The molecule has 0 spiro atoms. The number of nitrogens with zero attached hydrogens (tertiary/aromatic N) is 2. The second kappa shape index (κ2) is 10.7. The van der Waals surface area contributed by atoms with E-state index in [1.54, 1.807) is 37.6 Å². The van der Waals surface area contributed by atoms with E-state index in [1.165, 1.54) is 16.4 Å². The van der Waals surface area contributed by atoms with Crippen molar-refractivity contribution >= 4 is 21.7 Å². The average molecular weight is 441 g/mol. The maximum atomic E-state index is 13.0. The first-order valence-electron chi connectivity index (χ1n) is 9.45. The van der Waals surface area contributed by atoms with Crippen LogP contribution in [0.25, 0.3) is 0 Å². The summed E-state index contributed by atoms with van der Waals surface area (Å²) in [7, 11) is -2.12. The minimum atomic E-state index is -3.68. The molecule has 0 aliphatic rings. The first kappa shape index (κ1) is 24.0. The van der Waals surface area contributed by atoms with E-state index in [2.05, 4.69) is 15.6 Å². The van der Waals surface area contributed by atoms with Gasteiger partial charge in [0, 0.05) is 37.7 Å². The normalized spacial score (nSPS) is 12.0. The van der Waals surface area contributed by atoms with E-state index >= 15 is 0 Å². The van der Waals surface area contributed by atoms with Crippen LogP contribution in [0.15, 0.2) is 84.0 Å². The Hall–Kier alpha value is -3.23. The van der Waals surface area contributed by atoms with Crippen molar-refractivity contribution in [2.24, 2.45) is 0 Å². The highest BCUT2D eigenvalue weighted by Gasteiger charge is 2.26. The van der Waals surface area contributed by atoms with Gasteiger partial charge in [-0.25, -0.2) is 13.2 Å². The van der Waals surface area contributed by atoms with Crippen LogP contribution >= 0.6 is 0 Å². The fourth-order valence-electron chi connectivity index (χ4n) is 2.89. The number of benzene rings is 2. The highest BCUT2D eigenvalue weighted by molar-refractivity contribution is 7.89. The number of sulfonamides is 1. The molecule has 3 aromatic rings. The predicted molar refractivity (Wildman–Crippen MR) is 123 cm³/mol. The molecule has 3 rings (SSSR count). The molecule has 2 aromatic carbocycles. The van der Waals surface area contributed by atoms with Gasteiger partial charge in [0.05, 0.1) is 4.90 Å². The quantitative estimate of drug-likeness (QED) is 0.569. The van der Waals surface area contributed by atoms with Crippen LogP contribution in [0.5, 0.6) is 0 Å². The Morgan fingerprint density at radius 2 is 1.71 bits per heavy atom. The fourth-order valence-corrected chi connectivity index (χ4v) is 4.24. The summed E-state index contributed by atoms with van der Waals surface area (Å²) in [5.74, 6) is 0. The van der Waals surface area contributed by atoms with Gasteiger partial charge in [0.25, 0.3) is 0 Å². The molecule has 8 heteroatoms. The molecule has 1 atom stereocenters. The predicted octanol–water partition coefficient (Wildman–Crippen LogP) is 4.42.